The van der Waals surface area contributed by atoms with Gasteiger partial charge in [0.15, 0.2) is 0 Å². The number of nitrogens with one attached hydrogen (secondary N) is 1. The van der Waals surface area contributed by atoms with Crippen LogP contribution in [0.2, 0.25) is 0 Å². The maximum Gasteiger partial charge on any atom is 0.0613 e. The summed E-state index contributed by atoms with van der Waals surface area (Å²) in [5.74, 6) is 0.972. The Balaban J connectivity index is 1.89. The zero-order valence-corrected chi connectivity index (χ0v) is 6.89. The van der Waals surface area contributed by atoms with Crippen LogP contribution in [0.3, 0.4) is 0 Å². The lowest BCUT2D eigenvalue weighted by atomic mass is 10.3. The number of methoxy groups -OCH3 is 1. The first-order valence-corrected chi connectivity index (χ1v) is 4.05. The fourth-order valence-corrected chi connectivity index (χ4v) is 0.999. The van der Waals surface area contributed by atoms with Crippen LogP contribution < -0.4 is 5.32 Å². The molecule has 1 fully saturated rings. The van der Waals surface area contributed by atoms with Crippen LogP contribution in [0.5, 0.6) is 0 Å². The molecule has 0 saturated heterocycles. The summed E-state index contributed by atoms with van der Waals surface area (Å²) in [5.41, 5.74) is 0. The van der Waals surface area contributed by atoms with Crippen LogP contribution in [-0.4, -0.2) is 26.3 Å². The van der Waals surface area contributed by atoms with Gasteiger partial charge < -0.3 is 10.1 Å². The van der Waals surface area contributed by atoms with Crippen molar-refractivity contribution in [3.63, 3.8) is 0 Å². The molecule has 1 atom stereocenters. The predicted octanol–water partition coefficient (Wildman–Crippen LogP) is 1.02. The molecule has 1 unspecified atom stereocenters. The van der Waals surface area contributed by atoms with Crippen molar-refractivity contribution < 1.29 is 4.74 Å². The monoisotopic (exact) mass is 143 g/mol. The Morgan fingerprint density at radius 2 is 2.30 bits per heavy atom. The summed E-state index contributed by atoms with van der Waals surface area (Å²) >= 11 is 0. The molecular formula is C8H17NO. The van der Waals surface area contributed by atoms with Crippen LogP contribution in [0, 0.1) is 5.92 Å². The summed E-state index contributed by atoms with van der Waals surface area (Å²) in [7, 11) is 1.75. The van der Waals surface area contributed by atoms with E-state index < -0.39 is 0 Å². The number of hydrogen-bond donors (Lipinski definition) is 1. The third-order valence-electron chi connectivity index (χ3n) is 1.87. The highest BCUT2D eigenvalue weighted by Crippen LogP contribution is 2.27. The van der Waals surface area contributed by atoms with Crippen molar-refractivity contribution in [3.8, 4) is 0 Å². The zero-order chi connectivity index (χ0) is 7.40. The second-order valence-corrected chi connectivity index (χ2v) is 3.21. The summed E-state index contributed by atoms with van der Waals surface area (Å²) in [5, 5.41) is 3.42. The van der Waals surface area contributed by atoms with Crippen molar-refractivity contribution in [2.45, 2.75) is 25.8 Å². The molecule has 0 aromatic carbocycles. The molecule has 1 N–H and O–H groups in total. The highest BCUT2D eigenvalue weighted by molar-refractivity contribution is 4.76. The van der Waals surface area contributed by atoms with E-state index in [9.17, 15) is 0 Å². The van der Waals surface area contributed by atoms with Gasteiger partial charge in [0, 0.05) is 13.2 Å². The SMILES string of the molecule is COCC(C)NCC1CC1. The number of hydrogen-bond acceptors (Lipinski definition) is 2. The van der Waals surface area contributed by atoms with Crippen LogP contribution in [0.15, 0.2) is 0 Å². The van der Waals surface area contributed by atoms with E-state index in [1.54, 1.807) is 7.11 Å². The Kier molecular flexibility index (Phi) is 3.16. The normalized spacial score (nSPS) is 21.0. The van der Waals surface area contributed by atoms with Gasteiger partial charge in [0.25, 0.3) is 0 Å². The molecule has 0 aliphatic heterocycles. The summed E-state index contributed by atoms with van der Waals surface area (Å²) in [6.45, 7) is 4.17. The highest BCUT2D eigenvalue weighted by atomic mass is 16.5. The largest absolute Gasteiger partial charge is 0.383 e. The molecule has 1 aliphatic carbocycles. The fraction of sp³-hybridized carbons (Fsp3) is 1.00. The van der Waals surface area contributed by atoms with Crippen molar-refractivity contribution in [2.24, 2.45) is 5.92 Å². The molecule has 60 valence electrons. The van der Waals surface area contributed by atoms with Crippen LogP contribution in [-0.2, 0) is 4.74 Å². The van der Waals surface area contributed by atoms with Crippen LogP contribution >= 0.6 is 0 Å². The molecular weight excluding hydrogens is 126 g/mol. The molecule has 0 spiro atoms. The van der Waals surface area contributed by atoms with Gasteiger partial charge in [-0.15, -0.1) is 0 Å². The van der Waals surface area contributed by atoms with Gasteiger partial charge in [0.1, 0.15) is 0 Å². The smallest absolute Gasteiger partial charge is 0.0613 e. The van der Waals surface area contributed by atoms with Gasteiger partial charge in [-0.1, -0.05) is 0 Å². The van der Waals surface area contributed by atoms with E-state index in [4.69, 9.17) is 4.74 Å². The second-order valence-electron chi connectivity index (χ2n) is 3.21. The molecule has 1 saturated carbocycles. The minimum Gasteiger partial charge on any atom is -0.383 e. The lowest BCUT2D eigenvalue weighted by Crippen LogP contribution is -2.31. The zero-order valence-electron chi connectivity index (χ0n) is 6.89. The van der Waals surface area contributed by atoms with E-state index in [2.05, 4.69) is 12.2 Å². The van der Waals surface area contributed by atoms with Crippen LogP contribution in [0.25, 0.3) is 0 Å². The van der Waals surface area contributed by atoms with E-state index >= 15 is 0 Å². The third kappa shape index (κ3) is 3.18. The fourth-order valence-electron chi connectivity index (χ4n) is 0.999. The Morgan fingerprint density at radius 3 is 2.80 bits per heavy atom. The quantitative estimate of drug-likeness (QED) is 0.620. The lowest BCUT2D eigenvalue weighted by molar-refractivity contribution is 0.172. The molecule has 2 heteroatoms. The first-order chi connectivity index (χ1) is 4.83. The van der Waals surface area contributed by atoms with Gasteiger partial charge >= 0.3 is 0 Å². The molecule has 1 rings (SSSR count). The van der Waals surface area contributed by atoms with Crippen molar-refractivity contribution >= 4 is 0 Å². The van der Waals surface area contributed by atoms with Gasteiger partial charge in [0.05, 0.1) is 6.61 Å². The maximum absolute atomic E-state index is 4.99. The van der Waals surface area contributed by atoms with Crippen molar-refractivity contribution in [1.82, 2.24) is 5.32 Å². The molecule has 1 aliphatic rings. The summed E-state index contributed by atoms with van der Waals surface area (Å²) in [6.07, 6.45) is 2.85. The highest BCUT2D eigenvalue weighted by Gasteiger charge is 2.20. The minimum atomic E-state index is 0.519. The van der Waals surface area contributed by atoms with E-state index in [0.29, 0.717) is 6.04 Å². The minimum absolute atomic E-state index is 0.519. The van der Waals surface area contributed by atoms with Gasteiger partial charge in [-0.25, -0.2) is 0 Å². The average molecular weight is 143 g/mol. The summed E-state index contributed by atoms with van der Waals surface area (Å²) < 4.78 is 4.99. The van der Waals surface area contributed by atoms with Gasteiger partial charge in [0.2, 0.25) is 0 Å². The third-order valence-corrected chi connectivity index (χ3v) is 1.87. The topological polar surface area (TPSA) is 21.3 Å². The number of ether oxygens (including phenoxy) is 1. The number of rotatable bonds is 5. The average Bonchev–Trinajstić information content (AvgIpc) is 2.67. The first-order valence-electron chi connectivity index (χ1n) is 4.05. The van der Waals surface area contributed by atoms with Crippen LogP contribution in [0.1, 0.15) is 19.8 Å². The predicted molar refractivity (Wildman–Crippen MR) is 42.1 cm³/mol. The molecule has 0 heterocycles. The summed E-state index contributed by atoms with van der Waals surface area (Å²) in [6, 6.07) is 0.519. The summed E-state index contributed by atoms with van der Waals surface area (Å²) in [4.78, 5) is 0. The van der Waals surface area contributed by atoms with Crippen molar-refractivity contribution in [1.29, 1.82) is 0 Å². The van der Waals surface area contributed by atoms with E-state index in [1.165, 1.54) is 19.4 Å². The standard InChI is InChI=1S/C8H17NO/c1-7(6-10-2)9-5-8-3-4-8/h7-9H,3-6H2,1-2H3. The Morgan fingerprint density at radius 1 is 1.60 bits per heavy atom. The van der Waals surface area contributed by atoms with Gasteiger partial charge in [-0.3, -0.25) is 0 Å². The lowest BCUT2D eigenvalue weighted by Gasteiger charge is -2.11. The maximum atomic E-state index is 4.99. The Labute approximate surface area is 63.0 Å². The Bertz CT molecular complexity index is 91.3. The molecule has 2 nitrogen and oxygen atoms in total. The van der Waals surface area contributed by atoms with Gasteiger partial charge in [-0.2, -0.15) is 0 Å². The van der Waals surface area contributed by atoms with E-state index in [0.717, 1.165) is 12.5 Å². The van der Waals surface area contributed by atoms with Crippen molar-refractivity contribution in [2.75, 3.05) is 20.3 Å². The molecule has 0 bridgehead atoms. The van der Waals surface area contributed by atoms with E-state index in [-0.39, 0.29) is 0 Å². The molecule has 0 aromatic rings. The van der Waals surface area contributed by atoms with Crippen molar-refractivity contribution in [3.05, 3.63) is 0 Å². The molecule has 0 amide bonds. The Hall–Kier alpha value is -0.0800. The molecule has 0 aromatic heterocycles. The molecule has 0 radical (unpaired) electrons. The van der Waals surface area contributed by atoms with E-state index in [1.807, 2.05) is 0 Å². The second kappa shape index (κ2) is 3.94. The molecule has 10 heavy (non-hydrogen) atoms. The van der Waals surface area contributed by atoms with Crippen LogP contribution in [0.4, 0.5) is 0 Å². The van der Waals surface area contributed by atoms with Gasteiger partial charge in [-0.05, 0) is 32.2 Å². The first kappa shape index (κ1) is 8.02.